The molecule has 0 saturated carbocycles. The molecule has 0 radical (unpaired) electrons. The van der Waals surface area contributed by atoms with Gasteiger partial charge in [-0.1, -0.05) is 42.5 Å². The van der Waals surface area contributed by atoms with Crippen molar-refractivity contribution in [2.24, 2.45) is 0 Å². The number of ether oxygens (including phenoxy) is 1. The molecular formula is C24H28N4O4S. The molecule has 2 saturated heterocycles. The first kappa shape index (κ1) is 23.4. The molecule has 0 bridgehead atoms. The average molecular weight is 469 g/mol. The molecule has 2 aromatic rings. The summed E-state index contributed by atoms with van der Waals surface area (Å²) >= 11 is 0. The van der Waals surface area contributed by atoms with Gasteiger partial charge in [0.25, 0.3) is 0 Å². The summed E-state index contributed by atoms with van der Waals surface area (Å²) in [7, 11) is -3.78. The zero-order valence-electron chi connectivity index (χ0n) is 18.6. The van der Waals surface area contributed by atoms with Crippen molar-refractivity contribution in [3.05, 3.63) is 65.7 Å². The van der Waals surface area contributed by atoms with E-state index in [1.165, 1.54) is 16.4 Å². The minimum absolute atomic E-state index is 0.00890. The fourth-order valence-electron chi connectivity index (χ4n) is 4.41. The molecule has 2 fully saturated rings. The quantitative estimate of drug-likeness (QED) is 0.665. The highest BCUT2D eigenvalue weighted by Crippen LogP contribution is 2.25. The molecule has 1 amide bonds. The van der Waals surface area contributed by atoms with Crippen LogP contribution in [0.3, 0.4) is 0 Å². The van der Waals surface area contributed by atoms with Crippen LogP contribution in [0.25, 0.3) is 0 Å². The Kier molecular flexibility index (Phi) is 7.10. The van der Waals surface area contributed by atoms with E-state index in [0.29, 0.717) is 26.2 Å². The first-order valence-corrected chi connectivity index (χ1v) is 12.5. The SMILES string of the molecule is CC1CN(CC(=O)N2CCN(S(=O)(=O)c3ccccc3C#N)CC2)CC(c2ccccc2)O1. The number of nitriles is 1. The number of amides is 1. The lowest BCUT2D eigenvalue weighted by atomic mass is 10.1. The van der Waals surface area contributed by atoms with E-state index in [2.05, 4.69) is 4.90 Å². The summed E-state index contributed by atoms with van der Waals surface area (Å²) in [6.07, 6.45) is -0.0658. The van der Waals surface area contributed by atoms with Crippen LogP contribution in [-0.2, 0) is 19.6 Å². The standard InChI is InChI=1S/C24H28N4O4S/c1-19-16-26(17-22(32-19)20-7-3-2-4-8-20)18-24(29)27-11-13-28(14-12-27)33(30,31)23-10-6-5-9-21(23)15-25/h2-10,19,22H,11-14,16-18H2,1H3. The number of benzene rings is 2. The molecule has 2 aromatic carbocycles. The van der Waals surface area contributed by atoms with Crippen LogP contribution in [-0.4, -0.2) is 80.3 Å². The van der Waals surface area contributed by atoms with E-state index >= 15 is 0 Å². The van der Waals surface area contributed by atoms with Crippen LogP contribution in [0.1, 0.15) is 24.2 Å². The van der Waals surface area contributed by atoms with Gasteiger partial charge in [0.1, 0.15) is 6.07 Å². The highest BCUT2D eigenvalue weighted by atomic mass is 32.2. The smallest absolute Gasteiger partial charge is 0.244 e. The Morgan fingerprint density at radius 1 is 1.03 bits per heavy atom. The number of carbonyl (C=O) groups excluding carboxylic acids is 1. The molecule has 0 aromatic heterocycles. The van der Waals surface area contributed by atoms with E-state index in [4.69, 9.17) is 4.74 Å². The van der Waals surface area contributed by atoms with Crippen molar-refractivity contribution in [2.75, 3.05) is 45.8 Å². The Labute approximate surface area is 195 Å². The number of piperazine rings is 1. The van der Waals surface area contributed by atoms with Gasteiger partial charge in [0.05, 0.1) is 29.2 Å². The lowest BCUT2D eigenvalue weighted by molar-refractivity contribution is -0.137. The van der Waals surface area contributed by atoms with E-state index in [1.54, 1.807) is 17.0 Å². The van der Waals surface area contributed by atoms with Crippen molar-refractivity contribution in [1.82, 2.24) is 14.1 Å². The maximum atomic E-state index is 13.0. The second kappa shape index (κ2) is 10.0. The van der Waals surface area contributed by atoms with Gasteiger partial charge < -0.3 is 9.64 Å². The molecule has 2 heterocycles. The fraction of sp³-hybridized carbons (Fsp3) is 0.417. The van der Waals surface area contributed by atoms with Crippen LogP contribution >= 0.6 is 0 Å². The summed E-state index contributed by atoms with van der Waals surface area (Å²) < 4.78 is 33.5. The Balaban J connectivity index is 1.35. The molecule has 174 valence electrons. The van der Waals surface area contributed by atoms with Crippen molar-refractivity contribution >= 4 is 15.9 Å². The fourth-order valence-corrected chi connectivity index (χ4v) is 5.98. The van der Waals surface area contributed by atoms with Gasteiger partial charge in [0, 0.05) is 39.3 Å². The van der Waals surface area contributed by atoms with E-state index in [1.807, 2.05) is 43.3 Å². The van der Waals surface area contributed by atoms with Crippen LogP contribution in [0.15, 0.2) is 59.5 Å². The van der Waals surface area contributed by atoms with Gasteiger partial charge in [-0.2, -0.15) is 9.57 Å². The monoisotopic (exact) mass is 468 g/mol. The highest BCUT2D eigenvalue weighted by Gasteiger charge is 2.33. The third-order valence-corrected chi connectivity index (χ3v) is 8.04. The first-order chi connectivity index (χ1) is 15.9. The van der Waals surface area contributed by atoms with Gasteiger partial charge in [0.2, 0.25) is 15.9 Å². The number of carbonyl (C=O) groups is 1. The Morgan fingerprint density at radius 2 is 1.70 bits per heavy atom. The number of hydrogen-bond acceptors (Lipinski definition) is 6. The summed E-state index contributed by atoms with van der Waals surface area (Å²) in [5, 5.41) is 9.26. The normalized spacial score (nSPS) is 22.6. The summed E-state index contributed by atoms with van der Waals surface area (Å²) in [6, 6.07) is 18.2. The van der Waals surface area contributed by atoms with Crippen molar-refractivity contribution in [2.45, 2.75) is 24.0 Å². The van der Waals surface area contributed by atoms with Crippen LogP contribution < -0.4 is 0 Å². The number of nitrogens with zero attached hydrogens (tertiary/aromatic N) is 4. The summed E-state index contributed by atoms with van der Waals surface area (Å²) in [5.41, 5.74) is 1.23. The van der Waals surface area contributed by atoms with Crippen LogP contribution in [0, 0.1) is 11.3 Å². The summed E-state index contributed by atoms with van der Waals surface area (Å²) in [6.45, 7) is 4.67. The zero-order valence-corrected chi connectivity index (χ0v) is 19.4. The van der Waals surface area contributed by atoms with Crippen molar-refractivity contribution in [3.8, 4) is 6.07 Å². The molecule has 2 atom stereocenters. The van der Waals surface area contributed by atoms with Gasteiger partial charge in [0.15, 0.2) is 0 Å². The molecule has 0 aliphatic carbocycles. The molecule has 9 heteroatoms. The lowest BCUT2D eigenvalue weighted by Crippen LogP contribution is -2.54. The first-order valence-electron chi connectivity index (χ1n) is 11.1. The van der Waals surface area contributed by atoms with Crippen LogP contribution in [0.2, 0.25) is 0 Å². The molecule has 8 nitrogen and oxygen atoms in total. The third-order valence-electron chi connectivity index (χ3n) is 6.08. The minimum atomic E-state index is -3.78. The molecule has 2 aliphatic rings. The van der Waals surface area contributed by atoms with Gasteiger partial charge in [-0.05, 0) is 24.6 Å². The number of rotatable bonds is 5. The molecule has 2 aliphatic heterocycles. The molecule has 0 spiro atoms. The average Bonchev–Trinajstić information content (AvgIpc) is 2.84. The highest BCUT2D eigenvalue weighted by molar-refractivity contribution is 7.89. The predicted molar refractivity (Wildman–Crippen MR) is 123 cm³/mol. The van der Waals surface area contributed by atoms with Crippen LogP contribution in [0.5, 0.6) is 0 Å². The molecule has 33 heavy (non-hydrogen) atoms. The topological polar surface area (TPSA) is 94.0 Å². The van der Waals surface area contributed by atoms with E-state index in [9.17, 15) is 18.5 Å². The molecule has 4 rings (SSSR count). The van der Waals surface area contributed by atoms with Crippen molar-refractivity contribution in [3.63, 3.8) is 0 Å². The van der Waals surface area contributed by atoms with Crippen molar-refractivity contribution in [1.29, 1.82) is 5.26 Å². The van der Waals surface area contributed by atoms with Gasteiger partial charge in [-0.25, -0.2) is 8.42 Å². The largest absolute Gasteiger partial charge is 0.368 e. The van der Waals surface area contributed by atoms with Crippen LogP contribution in [0.4, 0.5) is 0 Å². The summed E-state index contributed by atoms with van der Waals surface area (Å²) in [4.78, 5) is 16.8. The zero-order chi connectivity index (χ0) is 23.4. The maximum absolute atomic E-state index is 13.0. The van der Waals surface area contributed by atoms with Gasteiger partial charge in [-0.3, -0.25) is 9.69 Å². The third kappa shape index (κ3) is 5.25. The van der Waals surface area contributed by atoms with Gasteiger partial charge >= 0.3 is 0 Å². The summed E-state index contributed by atoms with van der Waals surface area (Å²) in [5.74, 6) is -0.00890. The molecule has 0 N–H and O–H groups in total. The van der Waals surface area contributed by atoms with E-state index in [0.717, 1.165) is 5.56 Å². The van der Waals surface area contributed by atoms with E-state index in [-0.39, 0.29) is 48.2 Å². The molecular weight excluding hydrogens is 440 g/mol. The lowest BCUT2D eigenvalue weighted by Gasteiger charge is -2.39. The Morgan fingerprint density at radius 3 is 2.39 bits per heavy atom. The number of morpholine rings is 1. The number of hydrogen-bond donors (Lipinski definition) is 0. The van der Waals surface area contributed by atoms with Gasteiger partial charge in [-0.15, -0.1) is 0 Å². The predicted octanol–water partition coefficient (Wildman–Crippen LogP) is 1.85. The van der Waals surface area contributed by atoms with E-state index < -0.39 is 10.0 Å². The minimum Gasteiger partial charge on any atom is -0.368 e. The maximum Gasteiger partial charge on any atom is 0.244 e. The Bertz CT molecular complexity index is 1120. The number of sulfonamides is 1. The van der Waals surface area contributed by atoms with Crippen molar-refractivity contribution < 1.29 is 17.9 Å². The Hall–Kier alpha value is -2.77. The second-order valence-corrected chi connectivity index (χ2v) is 10.3. The molecule has 2 unspecified atom stereocenters. The second-order valence-electron chi connectivity index (χ2n) is 8.43.